The van der Waals surface area contributed by atoms with Gasteiger partial charge < -0.3 is 0 Å². The predicted octanol–water partition coefficient (Wildman–Crippen LogP) is 1.69. The molecular weight excluding hydrogens is 180 g/mol. The van der Waals surface area contributed by atoms with Crippen LogP contribution in [0.4, 0.5) is 0 Å². The van der Waals surface area contributed by atoms with Crippen LogP contribution in [-0.2, 0) is 6.42 Å². The smallest absolute Gasteiger partial charge is 0.151 e. The van der Waals surface area contributed by atoms with Gasteiger partial charge in [-0.15, -0.1) is 0 Å². The van der Waals surface area contributed by atoms with Gasteiger partial charge in [-0.05, 0) is 12.0 Å². The summed E-state index contributed by atoms with van der Waals surface area (Å²) in [5.74, 6) is 0. The summed E-state index contributed by atoms with van der Waals surface area (Å²) >= 11 is 0. The van der Waals surface area contributed by atoms with Crippen LogP contribution in [0.1, 0.15) is 43.6 Å². The van der Waals surface area contributed by atoms with Gasteiger partial charge in [0.2, 0.25) is 0 Å². The molecular formula is C11H10O3. The standard InChI is InChI=1S/C11H10O3/c1-2-8-3-4-9(5-12)11(7-14)10(8)6-13/h3-7H,2H2,1H3. The van der Waals surface area contributed by atoms with Crippen molar-refractivity contribution >= 4 is 18.9 Å². The van der Waals surface area contributed by atoms with Gasteiger partial charge >= 0.3 is 0 Å². The minimum Gasteiger partial charge on any atom is -0.298 e. The summed E-state index contributed by atoms with van der Waals surface area (Å²) in [5, 5.41) is 0. The van der Waals surface area contributed by atoms with Gasteiger partial charge in [0.25, 0.3) is 0 Å². The summed E-state index contributed by atoms with van der Waals surface area (Å²) in [6.45, 7) is 1.89. The highest BCUT2D eigenvalue weighted by atomic mass is 16.1. The molecule has 0 atom stereocenters. The average Bonchev–Trinajstić information content (AvgIpc) is 2.26. The number of carbonyl (C=O) groups excluding carboxylic acids is 3. The third-order valence-electron chi connectivity index (χ3n) is 2.15. The molecule has 3 heteroatoms. The predicted molar refractivity (Wildman–Crippen MR) is 52.0 cm³/mol. The lowest BCUT2D eigenvalue weighted by molar-refractivity contribution is 0.108. The Kier molecular flexibility index (Phi) is 3.29. The van der Waals surface area contributed by atoms with Gasteiger partial charge in [-0.1, -0.05) is 19.1 Å². The van der Waals surface area contributed by atoms with Gasteiger partial charge in [-0.2, -0.15) is 0 Å². The normalized spacial score (nSPS) is 9.50. The molecule has 0 aliphatic heterocycles. The first-order chi connectivity index (χ1) is 6.78. The van der Waals surface area contributed by atoms with E-state index in [1.807, 2.05) is 6.92 Å². The van der Waals surface area contributed by atoms with E-state index in [1.54, 1.807) is 12.1 Å². The van der Waals surface area contributed by atoms with E-state index in [-0.39, 0.29) is 11.1 Å². The van der Waals surface area contributed by atoms with E-state index < -0.39 is 0 Å². The van der Waals surface area contributed by atoms with Crippen molar-refractivity contribution in [3.05, 3.63) is 34.4 Å². The summed E-state index contributed by atoms with van der Waals surface area (Å²) in [5.41, 5.74) is 1.56. The molecule has 1 aromatic rings. The quantitative estimate of drug-likeness (QED) is 0.679. The van der Waals surface area contributed by atoms with Crippen LogP contribution in [0.2, 0.25) is 0 Å². The van der Waals surface area contributed by atoms with Gasteiger partial charge in [0.15, 0.2) is 18.9 Å². The molecule has 14 heavy (non-hydrogen) atoms. The monoisotopic (exact) mass is 190 g/mol. The zero-order chi connectivity index (χ0) is 10.6. The summed E-state index contributed by atoms with van der Waals surface area (Å²) in [6.07, 6.45) is 2.41. The minimum atomic E-state index is 0.189. The van der Waals surface area contributed by atoms with E-state index in [0.29, 0.717) is 30.8 Å². The molecule has 0 spiro atoms. The second-order valence-electron chi connectivity index (χ2n) is 2.85. The maximum Gasteiger partial charge on any atom is 0.151 e. The van der Waals surface area contributed by atoms with Gasteiger partial charge in [0.1, 0.15) is 0 Å². The SMILES string of the molecule is CCc1ccc(C=O)c(C=O)c1C=O. The number of hydrogen-bond acceptors (Lipinski definition) is 3. The number of aryl methyl sites for hydroxylation is 1. The molecule has 0 fully saturated rings. The maximum absolute atomic E-state index is 10.8. The van der Waals surface area contributed by atoms with Gasteiger partial charge in [-0.25, -0.2) is 0 Å². The molecule has 0 N–H and O–H groups in total. The molecule has 0 unspecified atom stereocenters. The molecule has 0 aliphatic rings. The van der Waals surface area contributed by atoms with Crippen molar-refractivity contribution in [2.75, 3.05) is 0 Å². The molecule has 0 saturated carbocycles. The molecule has 0 radical (unpaired) electrons. The molecule has 0 heterocycles. The fraction of sp³-hybridized carbons (Fsp3) is 0.182. The van der Waals surface area contributed by atoms with Crippen LogP contribution in [0.5, 0.6) is 0 Å². The topological polar surface area (TPSA) is 51.2 Å². The molecule has 0 aliphatic carbocycles. The third kappa shape index (κ3) is 1.62. The minimum absolute atomic E-state index is 0.189. The van der Waals surface area contributed by atoms with Crippen LogP contribution in [0.25, 0.3) is 0 Å². The van der Waals surface area contributed by atoms with E-state index >= 15 is 0 Å². The zero-order valence-electron chi connectivity index (χ0n) is 7.82. The van der Waals surface area contributed by atoms with Crippen molar-refractivity contribution in [3.63, 3.8) is 0 Å². The van der Waals surface area contributed by atoms with Crippen molar-refractivity contribution in [1.29, 1.82) is 0 Å². The van der Waals surface area contributed by atoms with Gasteiger partial charge in [-0.3, -0.25) is 14.4 Å². The number of rotatable bonds is 4. The first-order valence-corrected chi connectivity index (χ1v) is 4.29. The van der Waals surface area contributed by atoms with Crippen molar-refractivity contribution in [1.82, 2.24) is 0 Å². The summed E-state index contributed by atoms with van der Waals surface area (Å²) in [7, 11) is 0. The summed E-state index contributed by atoms with van der Waals surface area (Å²) in [6, 6.07) is 3.25. The Morgan fingerprint density at radius 2 is 1.64 bits per heavy atom. The number of benzene rings is 1. The lowest BCUT2D eigenvalue weighted by atomic mass is 9.97. The molecule has 0 aromatic heterocycles. The fourth-order valence-electron chi connectivity index (χ4n) is 1.38. The Morgan fingerprint density at radius 1 is 1.00 bits per heavy atom. The van der Waals surface area contributed by atoms with Crippen LogP contribution in [0.3, 0.4) is 0 Å². The van der Waals surface area contributed by atoms with Gasteiger partial charge in [0.05, 0.1) is 0 Å². The lowest BCUT2D eigenvalue weighted by Gasteiger charge is -2.05. The van der Waals surface area contributed by atoms with E-state index in [0.717, 1.165) is 5.56 Å². The highest BCUT2D eigenvalue weighted by molar-refractivity contribution is 5.99. The number of hydrogen-bond donors (Lipinski definition) is 0. The Hall–Kier alpha value is -1.77. The summed E-state index contributed by atoms with van der Waals surface area (Å²) in [4.78, 5) is 32.1. The van der Waals surface area contributed by atoms with Crippen molar-refractivity contribution in [2.45, 2.75) is 13.3 Å². The van der Waals surface area contributed by atoms with Crippen molar-refractivity contribution < 1.29 is 14.4 Å². The second kappa shape index (κ2) is 4.46. The third-order valence-corrected chi connectivity index (χ3v) is 2.15. The molecule has 1 aromatic carbocycles. The molecule has 72 valence electrons. The van der Waals surface area contributed by atoms with Crippen molar-refractivity contribution in [2.24, 2.45) is 0 Å². The Morgan fingerprint density at radius 3 is 2.07 bits per heavy atom. The maximum atomic E-state index is 10.8. The molecule has 0 amide bonds. The van der Waals surface area contributed by atoms with Crippen LogP contribution >= 0.6 is 0 Å². The Balaban J connectivity index is 3.50. The first kappa shape index (κ1) is 10.3. The molecule has 3 nitrogen and oxygen atoms in total. The average molecular weight is 190 g/mol. The van der Waals surface area contributed by atoms with Crippen LogP contribution in [0, 0.1) is 0 Å². The zero-order valence-corrected chi connectivity index (χ0v) is 7.82. The second-order valence-corrected chi connectivity index (χ2v) is 2.85. The largest absolute Gasteiger partial charge is 0.298 e. The Bertz CT molecular complexity index is 380. The van der Waals surface area contributed by atoms with Crippen LogP contribution < -0.4 is 0 Å². The number of aldehydes is 3. The van der Waals surface area contributed by atoms with Crippen molar-refractivity contribution in [3.8, 4) is 0 Å². The first-order valence-electron chi connectivity index (χ1n) is 4.29. The number of carbonyl (C=O) groups is 3. The van der Waals surface area contributed by atoms with Crippen LogP contribution in [-0.4, -0.2) is 18.9 Å². The highest BCUT2D eigenvalue weighted by Gasteiger charge is 2.10. The molecule has 0 bridgehead atoms. The Labute approximate surface area is 81.7 Å². The lowest BCUT2D eigenvalue weighted by Crippen LogP contribution is -2.01. The van der Waals surface area contributed by atoms with Gasteiger partial charge in [0, 0.05) is 16.7 Å². The van der Waals surface area contributed by atoms with E-state index in [2.05, 4.69) is 0 Å². The van der Waals surface area contributed by atoms with E-state index in [4.69, 9.17) is 0 Å². The summed E-state index contributed by atoms with van der Waals surface area (Å²) < 4.78 is 0. The fourth-order valence-corrected chi connectivity index (χ4v) is 1.38. The molecule has 1 rings (SSSR count). The molecule has 0 saturated heterocycles. The van der Waals surface area contributed by atoms with E-state index in [1.165, 1.54) is 0 Å². The van der Waals surface area contributed by atoms with Crippen LogP contribution in [0.15, 0.2) is 12.1 Å². The van der Waals surface area contributed by atoms with E-state index in [9.17, 15) is 14.4 Å². The highest BCUT2D eigenvalue weighted by Crippen LogP contribution is 2.15.